The van der Waals surface area contributed by atoms with Gasteiger partial charge in [-0.1, -0.05) is 12.1 Å². The highest BCUT2D eigenvalue weighted by Gasteiger charge is 2.47. The number of carbonyl (C=O) groups is 1. The highest BCUT2D eigenvalue weighted by atomic mass is 35.7. The van der Waals surface area contributed by atoms with Crippen LogP contribution in [0.25, 0.3) is 0 Å². The van der Waals surface area contributed by atoms with Crippen LogP contribution in [0.2, 0.25) is 0 Å². The fraction of sp³-hybridized carbons (Fsp3) is 0.533. The van der Waals surface area contributed by atoms with Gasteiger partial charge in [0, 0.05) is 23.1 Å². The van der Waals surface area contributed by atoms with E-state index in [1.807, 2.05) is 0 Å². The summed E-state index contributed by atoms with van der Waals surface area (Å²) in [6.45, 7) is 0.581. The highest BCUT2D eigenvalue weighted by Crippen LogP contribution is 2.54. The van der Waals surface area contributed by atoms with Crippen LogP contribution in [-0.2, 0) is 20.3 Å². The Balaban J connectivity index is 1.45. The SMILES string of the molecule is O=C(NCCc1ccc(S(=O)(=O)Cl)cc1)C1CC2CC2C1. The van der Waals surface area contributed by atoms with Gasteiger partial charge >= 0.3 is 0 Å². The summed E-state index contributed by atoms with van der Waals surface area (Å²) in [5.41, 5.74) is 0.980. The third-order valence-electron chi connectivity index (χ3n) is 4.53. The molecule has 21 heavy (non-hydrogen) atoms. The van der Waals surface area contributed by atoms with E-state index in [-0.39, 0.29) is 16.7 Å². The van der Waals surface area contributed by atoms with Crippen LogP contribution in [-0.4, -0.2) is 20.9 Å². The van der Waals surface area contributed by atoms with Crippen molar-refractivity contribution >= 4 is 25.6 Å². The van der Waals surface area contributed by atoms with Crippen molar-refractivity contribution in [3.63, 3.8) is 0 Å². The van der Waals surface area contributed by atoms with E-state index in [1.165, 1.54) is 18.6 Å². The first-order chi connectivity index (χ1) is 9.93. The molecule has 2 aliphatic rings. The number of benzene rings is 1. The summed E-state index contributed by atoms with van der Waals surface area (Å²) in [6.07, 6.45) is 4.12. The molecular weight excluding hydrogens is 310 g/mol. The lowest BCUT2D eigenvalue weighted by Gasteiger charge is -2.12. The number of halogens is 1. The quantitative estimate of drug-likeness (QED) is 0.844. The summed E-state index contributed by atoms with van der Waals surface area (Å²) in [6, 6.07) is 6.44. The van der Waals surface area contributed by atoms with Crippen molar-refractivity contribution in [3.05, 3.63) is 29.8 Å². The van der Waals surface area contributed by atoms with E-state index in [9.17, 15) is 13.2 Å². The molecule has 0 aromatic heterocycles. The average Bonchev–Trinajstić information content (AvgIpc) is 3.04. The molecule has 4 nitrogen and oxygen atoms in total. The molecular formula is C15H18ClNO3S. The summed E-state index contributed by atoms with van der Waals surface area (Å²) in [5, 5.41) is 2.98. The van der Waals surface area contributed by atoms with Crippen LogP contribution in [0.1, 0.15) is 24.8 Å². The summed E-state index contributed by atoms with van der Waals surface area (Å²) >= 11 is 0. The lowest BCUT2D eigenvalue weighted by atomic mass is 10.0. The maximum Gasteiger partial charge on any atom is 0.261 e. The van der Waals surface area contributed by atoms with Crippen LogP contribution in [0.15, 0.2) is 29.2 Å². The van der Waals surface area contributed by atoms with Crippen molar-refractivity contribution in [2.24, 2.45) is 17.8 Å². The predicted octanol–water partition coefficient (Wildman–Crippen LogP) is 2.32. The second kappa shape index (κ2) is 5.61. The number of hydrogen-bond acceptors (Lipinski definition) is 3. The standard InChI is InChI=1S/C15H18ClNO3S/c16-21(19,20)14-3-1-10(2-4-14)5-6-17-15(18)13-8-11-7-12(11)9-13/h1-4,11-13H,5-9H2,(H,17,18). The van der Waals surface area contributed by atoms with E-state index >= 15 is 0 Å². The molecule has 0 radical (unpaired) electrons. The number of rotatable bonds is 5. The van der Waals surface area contributed by atoms with Crippen molar-refractivity contribution in [1.29, 1.82) is 0 Å². The van der Waals surface area contributed by atoms with Gasteiger partial charge in [0.2, 0.25) is 5.91 Å². The molecule has 2 saturated carbocycles. The van der Waals surface area contributed by atoms with Crippen molar-refractivity contribution in [2.75, 3.05) is 6.54 Å². The zero-order valence-corrected chi connectivity index (χ0v) is 13.2. The number of amides is 1. The monoisotopic (exact) mass is 327 g/mol. The Kier molecular flexibility index (Phi) is 3.97. The van der Waals surface area contributed by atoms with E-state index in [0.29, 0.717) is 13.0 Å². The maximum atomic E-state index is 12.0. The molecule has 6 heteroatoms. The van der Waals surface area contributed by atoms with E-state index in [4.69, 9.17) is 10.7 Å². The lowest BCUT2D eigenvalue weighted by molar-refractivity contribution is -0.125. The first kappa shape index (κ1) is 14.9. The van der Waals surface area contributed by atoms with Gasteiger partial charge in [-0.25, -0.2) is 8.42 Å². The normalized spacial score (nSPS) is 27.2. The van der Waals surface area contributed by atoms with E-state index < -0.39 is 9.05 Å². The molecule has 0 spiro atoms. The Bertz CT molecular complexity index is 631. The average molecular weight is 328 g/mol. The van der Waals surface area contributed by atoms with Crippen LogP contribution in [0, 0.1) is 17.8 Å². The fourth-order valence-corrected chi connectivity index (χ4v) is 3.99. The number of carbonyl (C=O) groups excluding carboxylic acids is 1. The highest BCUT2D eigenvalue weighted by molar-refractivity contribution is 8.13. The maximum absolute atomic E-state index is 12.0. The van der Waals surface area contributed by atoms with Gasteiger partial charge in [-0.15, -0.1) is 0 Å². The summed E-state index contributed by atoms with van der Waals surface area (Å²) in [5.74, 6) is 2.00. The van der Waals surface area contributed by atoms with E-state index in [0.717, 1.165) is 30.2 Å². The minimum Gasteiger partial charge on any atom is -0.356 e. The van der Waals surface area contributed by atoms with Crippen LogP contribution in [0.5, 0.6) is 0 Å². The molecule has 0 saturated heterocycles. The number of nitrogens with one attached hydrogen (secondary N) is 1. The predicted molar refractivity (Wildman–Crippen MR) is 80.5 cm³/mol. The van der Waals surface area contributed by atoms with Crippen molar-refractivity contribution in [1.82, 2.24) is 5.32 Å². The van der Waals surface area contributed by atoms with Crippen LogP contribution >= 0.6 is 10.7 Å². The molecule has 3 rings (SSSR count). The minimum absolute atomic E-state index is 0.0992. The van der Waals surface area contributed by atoms with Gasteiger partial charge in [-0.2, -0.15) is 0 Å². The van der Waals surface area contributed by atoms with Gasteiger partial charge in [0.1, 0.15) is 0 Å². The van der Waals surface area contributed by atoms with Crippen LogP contribution in [0.3, 0.4) is 0 Å². The molecule has 0 heterocycles. The molecule has 0 aliphatic heterocycles. The molecule has 1 aromatic carbocycles. The van der Waals surface area contributed by atoms with Crippen molar-refractivity contribution in [3.8, 4) is 0 Å². The number of hydrogen-bond donors (Lipinski definition) is 1. The zero-order valence-electron chi connectivity index (χ0n) is 11.6. The molecule has 0 bridgehead atoms. The first-order valence-electron chi connectivity index (χ1n) is 7.25. The third-order valence-corrected chi connectivity index (χ3v) is 5.90. The third kappa shape index (κ3) is 3.58. The van der Waals surface area contributed by atoms with Crippen LogP contribution < -0.4 is 5.32 Å². The van der Waals surface area contributed by atoms with Gasteiger partial charge in [0.05, 0.1) is 4.90 Å². The smallest absolute Gasteiger partial charge is 0.261 e. The summed E-state index contributed by atoms with van der Waals surface area (Å²) in [4.78, 5) is 12.1. The minimum atomic E-state index is -3.66. The second-order valence-electron chi connectivity index (χ2n) is 6.05. The van der Waals surface area contributed by atoms with Gasteiger partial charge in [-0.3, -0.25) is 4.79 Å². The molecule has 2 fully saturated rings. The number of fused-ring (bicyclic) bond motifs is 1. The van der Waals surface area contributed by atoms with Gasteiger partial charge in [0.25, 0.3) is 9.05 Å². The van der Waals surface area contributed by atoms with E-state index in [2.05, 4.69) is 5.32 Å². The van der Waals surface area contributed by atoms with Crippen LogP contribution in [0.4, 0.5) is 0 Å². The Morgan fingerprint density at radius 2 is 1.76 bits per heavy atom. The summed E-state index contributed by atoms with van der Waals surface area (Å²) in [7, 11) is 1.60. The Labute approximate surface area is 129 Å². The largest absolute Gasteiger partial charge is 0.356 e. The van der Waals surface area contributed by atoms with Gasteiger partial charge in [0.15, 0.2) is 0 Å². The van der Waals surface area contributed by atoms with Gasteiger partial charge < -0.3 is 5.32 Å². The molecule has 2 aliphatic carbocycles. The molecule has 1 aromatic rings. The molecule has 1 amide bonds. The second-order valence-corrected chi connectivity index (χ2v) is 8.61. The van der Waals surface area contributed by atoms with Gasteiger partial charge in [-0.05, 0) is 55.2 Å². The molecule has 1 N–H and O–H groups in total. The first-order valence-corrected chi connectivity index (χ1v) is 9.56. The van der Waals surface area contributed by atoms with Crippen molar-refractivity contribution in [2.45, 2.75) is 30.6 Å². The van der Waals surface area contributed by atoms with Crippen molar-refractivity contribution < 1.29 is 13.2 Å². The Morgan fingerprint density at radius 3 is 2.33 bits per heavy atom. The molecule has 2 atom stereocenters. The Hall–Kier alpha value is -1.07. The lowest BCUT2D eigenvalue weighted by Crippen LogP contribution is -2.31. The fourth-order valence-electron chi connectivity index (χ4n) is 3.22. The van der Waals surface area contributed by atoms with E-state index in [1.54, 1.807) is 12.1 Å². The zero-order chi connectivity index (χ0) is 15.0. The topological polar surface area (TPSA) is 63.2 Å². The molecule has 2 unspecified atom stereocenters. The summed E-state index contributed by atoms with van der Waals surface area (Å²) < 4.78 is 22.3. The molecule has 114 valence electrons. The Morgan fingerprint density at radius 1 is 1.14 bits per heavy atom.